The third-order valence-electron chi connectivity index (χ3n) is 0. The number of rotatable bonds is 0. The van der Waals surface area contributed by atoms with Gasteiger partial charge in [0.15, 0.2) is 0 Å². The zero-order chi connectivity index (χ0) is 0. The molecule has 0 aromatic heterocycles. The molecule has 0 spiro atoms. The Labute approximate surface area is 78.3 Å². The van der Waals surface area contributed by atoms with Gasteiger partial charge in [0.2, 0.25) is 0 Å². The first-order valence-electron chi connectivity index (χ1n) is 0. The Kier molecular flexibility index (Phi) is 153. The molecule has 0 rings (SSSR count). The molecule has 0 saturated carbocycles. The van der Waals surface area contributed by atoms with Crippen molar-refractivity contribution in [3.63, 3.8) is 0 Å². The predicted octanol–water partition coefficient (Wildman–Crippen LogP) is 0.505. The Morgan fingerprint density at radius 3 is 0.750 bits per heavy atom. The van der Waals surface area contributed by atoms with E-state index in [-0.39, 0.29) is 79.5 Å². The average Bonchev–Trinajstić information content (AvgIpc) is 0. The van der Waals surface area contributed by atoms with Gasteiger partial charge in [-0.15, -0.1) is 41.8 Å². The van der Waals surface area contributed by atoms with E-state index < -0.39 is 0 Å². The molecule has 0 fully saturated rings. The number of halogens is 3. The summed E-state index contributed by atoms with van der Waals surface area (Å²) in [5, 5.41) is 0. The molecular formula is H5BrCaCl2. The van der Waals surface area contributed by atoms with Crippen LogP contribution in [0.1, 0.15) is 0 Å². The minimum absolute atomic E-state index is 0. The molecule has 28 valence electrons. The number of hydrogen-bond acceptors (Lipinski definition) is 0. The molecule has 0 atom stereocenters. The monoisotopic (exact) mass is 194 g/mol. The van der Waals surface area contributed by atoms with Crippen molar-refractivity contribution in [2.75, 3.05) is 0 Å². The van der Waals surface area contributed by atoms with Gasteiger partial charge < -0.3 is 0 Å². The molecule has 4 heavy (non-hydrogen) atoms. The Bertz CT molecular complexity index is 6.00. The van der Waals surface area contributed by atoms with Crippen molar-refractivity contribution in [2.45, 2.75) is 0 Å². The van der Waals surface area contributed by atoms with Crippen molar-refractivity contribution in [1.29, 1.82) is 0 Å². The molecule has 4 heteroatoms. The summed E-state index contributed by atoms with van der Waals surface area (Å²) in [5.41, 5.74) is 0. The van der Waals surface area contributed by atoms with E-state index in [9.17, 15) is 0 Å². The van der Waals surface area contributed by atoms with E-state index in [1.54, 1.807) is 0 Å². The maximum absolute atomic E-state index is 0. The molecule has 0 aliphatic rings. The fourth-order valence-corrected chi connectivity index (χ4v) is 0. The third kappa shape index (κ3) is 8.85. The van der Waals surface area contributed by atoms with Crippen LogP contribution in [0.3, 0.4) is 0 Å². The molecule has 0 amide bonds. The summed E-state index contributed by atoms with van der Waals surface area (Å²) in [6, 6.07) is 0. The van der Waals surface area contributed by atoms with Crippen LogP contribution in [0, 0.1) is 0 Å². The van der Waals surface area contributed by atoms with Crippen LogP contribution in [0.5, 0.6) is 0 Å². The summed E-state index contributed by atoms with van der Waals surface area (Å²) in [7, 11) is 0. The molecule has 0 aliphatic carbocycles. The summed E-state index contributed by atoms with van der Waals surface area (Å²) < 4.78 is 0. The SMILES string of the molecule is Br.Cl.Cl.[CaH2]. The van der Waals surface area contributed by atoms with Crippen LogP contribution < -0.4 is 0 Å². The molecule has 0 radical (unpaired) electrons. The topological polar surface area (TPSA) is 0 Å². The van der Waals surface area contributed by atoms with E-state index in [1.165, 1.54) is 0 Å². The second-order valence-corrected chi connectivity index (χ2v) is 0. The van der Waals surface area contributed by atoms with E-state index in [0.29, 0.717) is 0 Å². The zero-order valence-corrected chi connectivity index (χ0v) is 4.57. The Hall–Kier alpha value is 2.32. The summed E-state index contributed by atoms with van der Waals surface area (Å²) in [6.45, 7) is 0. The second kappa shape index (κ2) is 18.4. The molecule has 0 N–H and O–H groups in total. The van der Waals surface area contributed by atoms with Gasteiger partial charge in [-0.25, -0.2) is 0 Å². The third-order valence-corrected chi connectivity index (χ3v) is 0. The van der Waals surface area contributed by atoms with Gasteiger partial charge in [0.25, 0.3) is 0 Å². The minimum atomic E-state index is 0. The van der Waals surface area contributed by atoms with Gasteiger partial charge >= 0.3 is 37.7 Å². The van der Waals surface area contributed by atoms with Gasteiger partial charge in [0.05, 0.1) is 0 Å². The molecular weight excluding hydrogens is 191 g/mol. The Morgan fingerprint density at radius 2 is 0.750 bits per heavy atom. The van der Waals surface area contributed by atoms with Crippen LogP contribution in [-0.2, 0) is 0 Å². The van der Waals surface area contributed by atoms with E-state index >= 15 is 0 Å². The molecule has 0 unspecified atom stereocenters. The fourth-order valence-electron chi connectivity index (χ4n) is 0. The maximum atomic E-state index is 0. The van der Waals surface area contributed by atoms with Crippen LogP contribution in [0.25, 0.3) is 0 Å². The van der Waals surface area contributed by atoms with Crippen molar-refractivity contribution in [3.05, 3.63) is 0 Å². The van der Waals surface area contributed by atoms with Crippen molar-refractivity contribution in [2.24, 2.45) is 0 Å². The van der Waals surface area contributed by atoms with Gasteiger partial charge in [0, 0.05) is 0 Å². The van der Waals surface area contributed by atoms with Crippen molar-refractivity contribution >= 4 is 79.5 Å². The molecule has 0 bridgehead atoms. The van der Waals surface area contributed by atoms with Crippen molar-refractivity contribution in [3.8, 4) is 0 Å². The molecule has 0 heterocycles. The molecule has 0 nitrogen and oxygen atoms in total. The first-order valence-corrected chi connectivity index (χ1v) is 0. The summed E-state index contributed by atoms with van der Waals surface area (Å²) in [4.78, 5) is 0. The van der Waals surface area contributed by atoms with E-state index in [4.69, 9.17) is 0 Å². The van der Waals surface area contributed by atoms with E-state index in [0.717, 1.165) is 0 Å². The van der Waals surface area contributed by atoms with Gasteiger partial charge in [-0.1, -0.05) is 0 Å². The summed E-state index contributed by atoms with van der Waals surface area (Å²) in [5.74, 6) is 0. The first kappa shape index (κ1) is 33.2. The van der Waals surface area contributed by atoms with E-state index in [2.05, 4.69) is 0 Å². The molecule has 0 aromatic carbocycles. The Morgan fingerprint density at radius 1 is 0.750 bits per heavy atom. The molecule has 0 aliphatic heterocycles. The fraction of sp³-hybridized carbons (Fsp3) is 0. The van der Waals surface area contributed by atoms with Crippen LogP contribution >= 0.6 is 41.8 Å². The van der Waals surface area contributed by atoms with Gasteiger partial charge in [-0.05, 0) is 0 Å². The summed E-state index contributed by atoms with van der Waals surface area (Å²) in [6.07, 6.45) is 0. The Balaban J connectivity index is 0. The van der Waals surface area contributed by atoms with Crippen molar-refractivity contribution in [1.82, 2.24) is 0 Å². The van der Waals surface area contributed by atoms with Crippen LogP contribution in [0.2, 0.25) is 0 Å². The van der Waals surface area contributed by atoms with Crippen LogP contribution in [0.15, 0.2) is 0 Å². The molecule has 0 saturated heterocycles. The summed E-state index contributed by atoms with van der Waals surface area (Å²) >= 11 is 0. The first-order chi connectivity index (χ1) is 0. The van der Waals surface area contributed by atoms with Crippen LogP contribution in [-0.4, -0.2) is 37.7 Å². The zero-order valence-electron chi connectivity index (χ0n) is 1.22. The predicted molar refractivity (Wildman–Crippen MR) is 33.4 cm³/mol. The van der Waals surface area contributed by atoms with Gasteiger partial charge in [-0.3, -0.25) is 0 Å². The van der Waals surface area contributed by atoms with Crippen molar-refractivity contribution < 1.29 is 0 Å². The van der Waals surface area contributed by atoms with Gasteiger partial charge in [-0.2, -0.15) is 0 Å². The average molecular weight is 196 g/mol. The number of hydrogen-bond donors (Lipinski definition) is 0. The van der Waals surface area contributed by atoms with Gasteiger partial charge in [0.1, 0.15) is 0 Å². The van der Waals surface area contributed by atoms with Crippen LogP contribution in [0.4, 0.5) is 0 Å². The van der Waals surface area contributed by atoms with E-state index in [1.807, 2.05) is 0 Å². The molecule has 0 aromatic rings. The quantitative estimate of drug-likeness (QED) is 0.495. The normalized spacial score (nSPS) is 0. The standard InChI is InChI=1S/BrH.Ca.2ClH.2H/h1H;;2*1H;;. The second-order valence-electron chi connectivity index (χ2n) is 0.